The maximum Gasteiger partial charge on any atom is 1.00 e. The van der Waals surface area contributed by atoms with Gasteiger partial charge in [0.05, 0.1) is 0 Å². The van der Waals surface area contributed by atoms with Crippen molar-refractivity contribution in [2.24, 2.45) is 0 Å². The van der Waals surface area contributed by atoms with Crippen molar-refractivity contribution in [1.82, 2.24) is 0 Å². The summed E-state index contributed by atoms with van der Waals surface area (Å²) in [5.41, 5.74) is 0. The van der Waals surface area contributed by atoms with Gasteiger partial charge in [0.1, 0.15) is 0 Å². The van der Waals surface area contributed by atoms with Crippen molar-refractivity contribution in [3.05, 3.63) is 0 Å². The van der Waals surface area contributed by atoms with Crippen molar-refractivity contribution in [3.63, 3.8) is 0 Å². The Labute approximate surface area is 116 Å². The Morgan fingerprint density at radius 3 is 0.875 bits per heavy atom. The van der Waals surface area contributed by atoms with Gasteiger partial charge in [0.15, 0.2) is 0 Å². The first-order valence-electron chi connectivity index (χ1n) is 0.943. The SMILES string of the molecule is S=C[S-].S=C[S-].[Na+].[Na+]. The molecule has 0 nitrogen and oxygen atoms in total. The molecule has 0 aromatic heterocycles. The molecule has 0 N–H and O–H groups in total. The molecule has 6 heteroatoms. The van der Waals surface area contributed by atoms with E-state index in [0.29, 0.717) is 0 Å². The summed E-state index contributed by atoms with van der Waals surface area (Å²) in [5.74, 6) is 0. The Balaban J connectivity index is -0.0000000160. The Morgan fingerprint density at radius 2 is 0.875 bits per heavy atom. The molecule has 0 aromatic carbocycles. The molecule has 0 aliphatic carbocycles. The van der Waals surface area contributed by atoms with Gasteiger partial charge in [-0.25, -0.2) is 0 Å². The molecule has 0 aliphatic rings. The molecule has 0 radical (unpaired) electrons. The molecule has 0 aromatic rings. The molecular formula is C2H2Na2S4. The molecule has 0 bridgehead atoms. The van der Waals surface area contributed by atoms with E-state index < -0.39 is 0 Å². The van der Waals surface area contributed by atoms with Gasteiger partial charge in [0.2, 0.25) is 0 Å². The molecule has 0 saturated carbocycles. The number of rotatable bonds is 0. The molecule has 36 valence electrons. The zero-order chi connectivity index (χ0) is 5.41. The fourth-order valence-corrected chi connectivity index (χ4v) is 0. The first kappa shape index (κ1) is 22.4. The fraction of sp³-hybridized carbons (Fsp3) is 0. The molecule has 0 unspecified atom stereocenters. The summed E-state index contributed by atoms with van der Waals surface area (Å²) in [6, 6.07) is 0. The van der Waals surface area contributed by atoms with Crippen LogP contribution in [0.5, 0.6) is 0 Å². The van der Waals surface area contributed by atoms with Gasteiger partial charge in [-0.05, 0) is 0 Å². The van der Waals surface area contributed by atoms with Crippen molar-refractivity contribution in [1.29, 1.82) is 0 Å². The van der Waals surface area contributed by atoms with Gasteiger partial charge in [-0.1, -0.05) is 0 Å². The van der Waals surface area contributed by atoms with Gasteiger partial charge in [0.25, 0.3) is 0 Å². The Morgan fingerprint density at radius 1 is 0.875 bits per heavy atom. The Kier molecular flexibility index (Phi) is 93.9. The van der Waals surface area contributed by atoms with E-state index in [1.54, 1.807) is 0 Å². The van der Waals surface area contributed by atoms with Crippen LogP contribution >= 0.6 is 24.4 Å². The van der Waals surface area contributed by atoms with Crippen molar-refractivity contribution in [2.45, 2.75) is 0 Å². The monoisotopic (exact) mass is 200 g/mol. The summed E-state index contributed by atoms with van der Waals surface area (Å²) in [6.45, 7) is 0. The first-order chi connectivity index (χ1) is 2.83. The molecule has 0 amide bonds. The maximum absolute atomic E-state index is 4.08. The van der Waals surface area contributed by atoms with Gasteiger partial charge in [-0.3, -0.25) is 0 Å². The van der Waals surface area contributed by atoms with Gasteiger partial charge in [-0.2, -0.15) is 9.40 Å². The molecule has 0 saturated heterocycles. The molecule has 0 fully saturated rings. The second-order valence-corrected chi connectivity index (χ2v) is 1.73. The van der Waals surface area contributed by atoms with E-state index in [0.717, 1.165) is 0 Å². The third-order valence-electron chi connectivity index (χ3n) is 0. The predicted octanol–water partition coefficient (Wildman–Crippen LogP) is -5.01. The summed E-state index contributed by atoms with van der Waals surface area (Å²) in [5, 5.41) is 0. The second kappa shape index (κ2) is 33.5. The standard InChI is InChI=1S/2CH2S2.2Na/c2*2-1-3;;/h2*1H,(H,2,3);;/q;;2*+1/p-2. The van der Waals surface area contributed by atoms with Crippen LogP contribution in [0.2, 0.25) is 0 Å². The quantitative estimate of drug-likeness (QED) is 0.218. The van der Waals surface area contributed by atoms with E-state index >= 15 is 0 Å². The topological polar surface area (TPSA) is 0 Å². The van der Waals surface area contributed by atoms with E-state index in [2.05, 4.69) is 49.7 Å². The molecule has 0 rings (SSSR count). The Hall–Kier alpha value is 2.62. The van der Waals surface area contributed by atoms with Crippen LogP contribution in [0.15, 0.2) is 0 Å². The van der Waals surface area contributed by atoms with E-state index in [4.69, 9.17) is 0 Å². The minimum atomic E-state index is 0. The molecule has 8 heavy (non-hydrogen) atoms. The molecule has 0 heterocycles. The number of thiocarbonyl (C=S) groups is 2. The minimum Gasteiger partial charge on any atom is -0.436 e. The van der Waals surface area contributed by atoms with Gasteiger partial charge in [0, 0.05) is 0 Å². The van der Waals surface area contributed by atoms with Crippen LogP contribution < -0.4 is 59.1 Å². The van der Waals surface area contributed by atoms with E-state index in [-0.39, 0.29) is 59.1 Å². The predicted molar refractivity (Wildman–Crippen MR) is 42.0 cm³/mol. The number of hydrogen-bond acceptors (Lipinski definition) is 4. The van der Waals surface area contributed by atoms with Gasteiger partial charge in [-0.15, -0.1) is 0 Å². The molecule has 0 spiro atoms. The third-order valence-corrected chi connectivity index (χ3v) is 0. The van der Waals surface area contributed by atoms with Crippen LogP contribution in [-0.2, 0) is 25.3 Å². The van der Waals surface area contributed by atoms with Crippen LogP contribution in [-0.4, -0.2) is 9.40 Å². The molecule has 0 atom stereocenters. The second-order valence-electron chi connectivity index (χ2n) is 0.192. The summed E-state index contributed by atoms with van der Waals surface area (Å²) >= 11 is 16.3. The van der Waals surface area contributed by atoms with Crippen LogP contribution in [0, 0.1) is 0 Å². The summed E-state index contributed by atoms with van der Waals surface area (Å²) in [4.78, 5) is 0. The van der Waals surface area contributed by atoms with Crippen LogP contribution in [0.1, 0.15) is 0 Å². The maximum atomic E-state index is 4.08. The van der Waals surface area contributed by atoms with Crippen LogP contribution in [0.3, 0.4) is 0 Å². The third kappa shape index (κ3) is 72.9. The van der Waals surface area contributed by atoms with E-state index in [9.17, 15) is 0 Å². The van der Waals surface area contributed by atoms with Crippen LogP contribution in [0.4, 0.5) is 0 Å². The summed E-state index contributed by atoms with van der Waals surface area (Å²) in [6.07, 6.45) is 0. The largest absolute Gasteiger partial charge is 1.00 e. The summed E-state index contributed by atoms with van der Waals surface area (Å²) < 4.78 is 2.33. The van der Waals surface area contributed by atoms with Crippen molar-refractivity contribution < 1.29 is 59.1 Å². The van der Waals surface area contributed by atoms with Crippen molar-refractivity contribution >= 4 is 59.1 Å². The molecule has 0 aliphatic heterocycles. The first-order valence-corrected chi connectivity index (χ1v) is 2.83. The van der Waals surface area contributed by atoms with Crippen molar-refractivity contribution in [2.75, 3.05) is 0 Å². The van der Waals surface area contributed by atoms with E-state index in [1.807, 2.05) is 0 Å². The summed E-state index contributed by atoms with van der Waals surface area (Å²) in [7, 11) is 0. The zero-order valence-electron chi connectivity index (χ0n) is 4.79. The number of hydrogen-bond donors (Lipinski definition) is 0. The van der Waals surface area contributed by atoms with Gasteiger partial charge < -0.3 is 49.7 Å². The van der Waals surface area contributed by atoms with Crippen molar-refractivity contribution in [3.8, 4) is 0 Å². The zero-order valence-corrected chi connectivity index (χ0v) is 12.1. The van der Waals surface area contributed by atoms with Gasteiger partial charge >= 0.3 is 59.1 Å². The van der Waals surface area contributed by atoms with Crippen LogP contribution in [0.25, 0.3) is 0 Å². The Bertz CT molecular complexity index is 33.0. The fourth-order valence-electron chi connectivity index (χ4n) is 0. The van der Waals surface area contributed by atoms with E-state index in [1.165, 1.54) is 9.40 Å². The average Bonchev–Trinajstić information content (AvgIpc) is 1.39. The smallest absolute Gasteiger partial charge is 0.436 e. The normalized spacial score (nSPS) is 3.00. The minimum absolute atomic E-state index is 0. The average molecular weight is 200 g/mol. The molecular weight excluding hydrogens is 198 g/mol.